The first kappa shape index (κ1) is 15.1. The van der Waals surface area contributed by atoms with E-state index in [0.717, 1.165) is 16.8 Å². The third kappa shape index (κ3) is 3.02. The SMILES string of the molecule is O=C([O-])c1cccc(S(=O)(=O)Nc2cccc3ccccc23)c1. The van der Waals surface area contributed by atoms with Crippen molar-refractivity contribution in [3.63, 3.8) is 0 Å². The zero-order valence-electron chi connectivity index (χ0n) is 11.9. The number of benzene rings is 3. The number of fused-ring (bicyclic) bond motifs is 1. The van der Waals surface area contributed by atoms with Crippen molar-refractivity contribution < 1.29 is 18.3 Å². The molecule has 0 saturated carbocycles. The Hall–Kier alpha value is -2.86. The fraction of sp³-hybridized carbons (Fsp3) is 0. The summed E-state index contributed by atoms with van der Waals surface area (Å²) in [5.74, 6) is -1.42. The van der Waals surface area contributed by atoms with Crippen LogP contribution in [0.25, 0.3) is 10.8 Å². The molecule has 0 bridgehead atoms. The third-order valence-corrected chi connectivity index (χ3v) is 4.78. The van der Waals surface area contributed by atoms with Crippen LogP contribution in [0.3, 0.4) is 0 Å². The molecule has 1 N–H and O–H groups in total. The molecular weight excluding hydrogens is 314 g/mol. The van der Waals surface area contributed by atoms with Crippen LogP contribution in [0.4, 0.5) is 5.69 Å². The second kappa shape index (κ2) is 5.73. The fourth-order valence-electron chi connectivity index (χ4n) is 2.31. The number of carbonyl (C=O) groups is 1. The molecule has 0 aliphatic heterocycles. The fourth-order valence-corrected chi connectivity index (χ4v) is 3.43. The van der Waals surface area contributed by atoms with E-state index >= 15 is 0 Å². The topological polar surface area (TPSA) is 86.3 Å². The van der Waals surface area contributed by atoms with Gasteiger partial charge in [0.05, 0.1) is 16.6 Å². The molecule has 116 valence electrons. The summed E-state index contributed by atoms with van der Waals surface area (Å²) >= 11 is 0. The predicted molar refractivity (Wildman–Crippen MR) is 85.5 cm³/mol. The van der Waals surface area contributed by atoms with E-state index in [4.69, 9.17) is 0 Å². The van der Waals surface area contributed by atoms with Crippen LogP contribution in [0.5, 0.6) is 0 Å². The number of carbonyl (C=O) groups excluding carboxylic acids is 1. The summed E-state index contributed by atoms with van der Waals surface area (Å²) < 4.78 is 27.5. The molecule has 6 heteroatoms. The quantitative estimate of drug-likeness (QED) is 0.794. The molecule has 0 saturated heterocycles. The molecule has 0 heterocycles. The summed E-state index contributed by atoms with van der Waals surface area (Å²) in [5, 5.41) is 12.5. The van der Waals surface area contributed by atoms with E-state index in [0.29, 0.717) is 5.69 Å². The van der Waals surface area contributed by atoms with Gasteiger partial charge >= 0.3 is 0 Å². The molecule has 23 heavy (non-hydrogen) atoms. The first-order valence-electron chi connectivity index (χ1n) is 6.79. The maximum Gasteiger partial charge on any atom is 0.261 e. The van der Waals surface area contributed by atoms with E-state index in [2.05, 4.69) is 4.72 Å². The highest BCUT2D eigenvalue weighted by molar-refractivity contribution is 7.92. The van der Waals surface area contributed by atoms with Crippen molar-refractivity contribution in [2.24, 2.45) is 0 Å². The largest absolute Gasteiger partial charge is 0.545 e. The number of aromatic carboxylic acids is 1. The Morgan fingerprint density at radius 3 is 2.39 bits per heavy atom. The molecule has 0 fully saturated rings. The van der Waals surface area contributed by atoms with Crippen molar-refractivity contribution in [1.82, 2.24) is 0 Å². The lowest BCUT2D eigenvalue weighted by atomic mass is 10.1. The maximum absolute atomic E-state index is 12.5. The minimum atomic E-state index is -3.90. The van der Waals surface area contributed by atoms with Crippen LogP contribution in [0.2, 0.25) is 0 Å². The van der Waals surface area contributed by atoms with E-state index in [9.17, 15) is 18.3 Å². The first-order chi connectivity index (χ1) is 11.0. The second-order valence-corrected chi connectivity index (χ2v) is 6.63. The molecule has 0 atom stereocenters. The van der Waals surface area contributed by atoms with Gasteiger partial charge in [-0.3, -0.25) is 4.72 Å². The van der Waals surface area contributed by atoms with Crippen LogP contribution < -0.4 is 9.83 Å². The number of hydrogen-bond donors (Lipinski definition) is 1. The highest BCUT2D eigenvalue weighted by Gasteiger charge is 2.16. The Bertz CT molecular complexity index is 991. The van der Waals surface area contributed by atoms with Gasteiger partial charge in [-0.05, 0) is 29.1 Å². The molecule has 3 rings (SSSR count). The number of nitrogens with one attached hydrogen (secondary N) is 1. The molecule has 0 spiro atoms. The van der Waals surface area contributed by atoms with Gasteiger partial charge < -0.3 is 9.90 Å². The molecule has 0 radical (unpaired) electrons. The van der Waals surface area contributed by atoms with Crippen molar-refractivity contribution in [3.05, 3.63) is 72.3 Å². The molecule has 3 aromatic rings. The number of anilines is 1. The molecule has 3 aromatic carbocycles. The Balaban J connectivity index is 2.04. The van der Waals surface area contributed by atoms with E-state index in [1.165, 1.54) is 18.2 Å². The predicted octanol–water partition coefficient (Wildman–Crippen LogP) is 2.00. The van der Waals surface area contributed by atoms with Crippen molar-refractivity contribution in [2.45, 2.75) is 4.90 Å². The number of rotatable bonds is 4. The lowest BCUT2D eigenvalue weighted by Crippen LogP contribution is -2.23. The van der Waals surface area contributed by atoms with E-state index < -0.39 is 16.0 Å². The molecule has 0 aliphatic carbocycles. The number of sulfonamides is 1. The molecule has 0 unspecified atom stereocenters. The van der Waals surface area contributed by atoms with Gasteiger partial charge in [0.1, 0.15) is 0 Å². The summed E-state index contributed by atoms with van der Waals surface area (Å²) in [7, 11) is -3.90. The van der Waals surface area contributed by atoms with Crippen LogP contribution in [-0.2, 0) is 10.0 Å². The van der Waals surface area contributed by atoms with Crippen LogP contribution in [0.1, 0.15) is 10.4 Å². The van der Waals surface area contributed by atoms with Crippen LogP contribution in [-0.4, -0.2) is 14.4 Å². The van der Waals surface area contributed by atoms with Gasteiger partial charge in [-0.2, -0.15) is 0 Å². The molecule has 0 amide bonds. The van der Waals surface area contributed by atoms with E-state index in [-0.39, 0.29) is 10.5 Å². The summed E-state index contributed by atoms with van der Waals surface area (Å²) in [6, 6.07) is 17.7. The molecule has 0 aliphatic rings. The first-order valence-corrected chi connectivity index (χ1v) is 8.28. The maximum atomic E-state index is 12.5. The third-order valence-electron chi connectivity index (χ3n) is 3.41. The van der Waals surface area contributed by atoms with Gasteiger partial charge in [0.2, 0.25) is 0 Å². The average molecular weight is 326 g/mol. The van der Waals surface area contributed by atoms with Crippen molar-refractivity contribution in [1.29, 1.82) is 0 Å². The Morgan fingerprint density at radius 1 is 0.913 bits per heavy atom. The summed E-state index contributed by atoms with van der Waals surface area (Å²) in [4.78, 5) is 10.8. The minimum absolute atomic E-state index is 0.132. The van der Waals surface area contributed by atoms with Gasteiger partial charge in [0.25, 0.3) is 10.0 Å². The normalized spacial score (nSPS) is 11.3. The highest BCUT2D eigenvalue weighted by Crippen LogP contribution is 2.25. The average Bonchev–Trinajstić information content (AvgIpc) is 2.55. The standard InChI is InChI=1S/C17H13NO4S/c19-17(20)13-7-3-8-14(11-13)23(21,22)18-16-10-4-6-12-5-1-2-9-15(12)16/h1-11,18H,(H,19,20)/p-1. The number of carboxylic acids is 1. The molecular formula is C17H12NO4S-. The lowest BCUT2D eigenvalue weighted by Gasteiger charge is -2.12. The van der Waals surface area contributed by atoms with Crippen LogP contribution in [0, 0.1) is 0 Å². The van der Waals surface area contributed by atoms with Gasteiger partial charge in [0, 0.05) is 5.39 Å². The van der Waals surface area contributed by atoms with Gasteiger partial charge in [0.15, 0.2) is 0 Å². The smallest absolute Gasteiger partial charge is 0.261 e. The van der Waals surface area contributed by atoms with Crippen LogP contribution in [0.15, 0.2) is 71.6 Å². The van der Waals surface area contributed by atoms with Crippen molar-refractivity contribution >= 4 is 32.5 Å². The van der Waals surface area contributed by atoms with Crippen LogP contribution >= 0.6 is 0 Å². The van der Waals surface area contributed by atoms with Gasteiger partial charge in [-0.15, -0.1) is 0 Å². The van der Waals surface area contributed by atoms with Gasteiger partial charge in [-0.25, -0.2) is 8.42 Å². The monoisotopic (exact) mass is 326 g/mol. The van der Waals surface area contributed by atoms with Gasteiger partial charge in [-0.1, -0.05) is 48.5 Å². The minimum Gasteiger partial charge on any atom is -0.545 e. The summed E-state index contributed by atoms with van der Waals surface area (Å²) in [6.07, 6.45) is 0. The van der Waals surface area contributed by atoms with Crippen molar-refractivity contribution in [3.8, 4) is 0 Å². The van der Waals surface area contributed by atoms with E-state index in [1.807, 2.05) is 30.3 Å². The molecule has 5 nitrogen and oxygen atoms in total. The van der Waals surface area contributed by atoms with Crippen molar-refractivity contribution in [2.75, 3.05) is 4.72 Å². The highest BCUT2D eigenvalue weighted by atomic mass is 32.2. The van der Waals surface area contributed by atoms with E-state index in [1.54, 1.807) is 12.1 Å². The zero-order chi connectivity index (χ0) is 16.4. The Morgan fingerprint density at radius 2 is 1.61 bits per heavy atom. The zero-order valence-corrected chi connectivity index (χ0v) is 12.7. The Labute approximate surface area is 133 Å². The lowest BCUT2D eigenvalue weighted by molar-refractivity contribution is -0.255. The summed E-state index contributed by atoms with van der Waals surface area (Å²) in [6.45, 7) is 0. The summed E-state index contributed by atoms with van der Waals surface area (Å²) in [5.41, 5.74) is 0.243. The second-order valence-electron chi connectivity index (χ2n) is 4.95. The molecule has 0 aromatic heterocycles. The number of hydrogen-bond acceptors (Lipinski definition) is 4. The Kier molecular flexibility index (Phi) is 3.75. The number of carboxylic acid groups (broad SMARTS) is 1.